The predicted molar refractivity (Wildman–Crippen MR) is 128 cm³/mol. The van der Waals surface area contributed by atoms with Crippen molar-refractivity contribution in [1.29, 1.82) is 0 Å². The first kappa shape index (κ1) is 23.5. The van der Waals surface area contributed by atoms with Crippen LogP contribution in [0.25, 0.3) is 0 Å². The number of benzene rings is 3. The molecule has 0 atom stereocenters. The number of amides is 3. The number of aryl methyl sites for hydroxylation is 1. The van der Waals surface area contributed by atoms with Gasteiger partial charge in [-0.3, -0.25) is 14.4 Å². The number of halogens is 1. The zero-order valence-corrected chi connectivity index (χ0v) is 18.4. The first-order valence-corrected chi connectivity index (χ1v) is 10.3. The van der Waals surface area contributed by atoms with Gasteiger partial charge in [-0.1, -0.05) is 48.0 Å². The van der Waals surface area contributed by atoms with Crippen LogP contribution in [-0.4, -0.2) is 30.5 Å². The normalized spacial score (nSPS) is 10.5. The molecule has 0 spiro atoms. The first-order valence-electron chi connectivity index (χ1n) is 9.89. The number of carbonyl (C=O) groups is 3. The van der Waals surface area contributed by atoms with Gasteiger partial charge >= 0.3 is 11.8 Å². The van der Waals surface area contributed by atoms with Crippen molar-refractivity contribution in [3.05, 3.63) is 88.9 Å². The molecule has 33 heavy (non-hydrogen) atoms. The van der Waals surface area contributed by atoms with E-state index in [-0.39, 0.29) is 12.5 Å². The minimum Gasteiger partial charge on any atom is -0.483 e. The number of carbonyl (C=O) groups excluding carboxylic acids is 3. The Balaban J connectivity index is 1.54. The highest BCUT2D eigenvalue weighted by atomic mass is 35.5. The molecule has 0 radical (unpaired) electrons. The molecule has 0 aliphatic heterocycles. The third kappa shape index (κ3) is 7.19. The Morgan fingerprint density at radius 1 is 0.939 bits per heavy atom. The molecular formula is C24H21ClN4O4. The molecule has 168 valence electrons. The number of ether oxygens (including phenoxy) is 1. The van der Waals surface area contributed by atoms with Gasteiger partial charge in [-0.25, -0.2) is 5.43 Å². The van der Waals surface area contributed by atoms with Crippen LogP contribution < -0.4 is 20.8 Å². The Morgan fingerprint density at radius 2 is 1.70 bits per heavy atom. The maximum atomic E-state index is 12.2. The van der Waals surface area contributed by atoms with E-state index in [0.717, 1.165) is 5.56 Å². The third-order valence-corrected chi connectivity index (χ3v) is 4.59. The molecule has 0 saturated carbocycles. The Labute approximate surface area is 195 Å². The molecule has 3 aromatic rings. The van der Waals surface area contributed by atoms with Gasteiger partial charge in [0.25, 0.3) is 5.91 Å². The molecular weight excluding hydrogens is 444 g/mol. The molecule has 0 aliphatic rings. The van der Waals surface area contributed by atoms with Gasteiger partial charge in [0.15, 0.2) is 6.61 Å². The van der Waals surface area contributed by atoms with E-state index in [1.54, 1.807) is 48.5 Å². The molecule has 0 heterocycles. The number of para-hydroxylation sites is 2. The second kappa shape index (κ2) is 11.4. The smallest absolute Gasteiger partial charge is 0.329 e. The molecule has 3 rings (SSSR count). The topological polar surface area (TPSA) is 109 Å². The van der Waals surface area contributed by atoms with E-state index in [0.29, 0.717) is 27.7 Å². The highest BCUT2D eigenvalue weighted by Crippen LogP contribution is 2.17. The lowest BCUT2D eigenvalue weighted by Crippen LogP contribution is -2.32. The SMILES string of the molecule is Cc1ccccc1NC(=O)COc1ccccc1/C=N\NC(=O)C(=O)Nc1cccc(Cl)c1. The molecule has 3 amide bonds. The van der Waals surface area contributed by atoms with Crippen LogP contribution in [0.1, 0.15) is 11.1 Å². The number of nitrogens with zero attached hydrogens (tertiary/aromatic N) is 1. The van der Waals surface area contributed by atoms with Crippen LogP contribution in [0.4, 0.5) is 11.4 Å². The van der Waals surface area contributed by atoms with Crippen LogP contribution in [0.5, 0.6) is 5.75 Å². The van der Waals surface area contributed by atoms with Crippen molar-refractivity contribution in [2.24, 2.45) is 5.10 Å². The lowest BCUT2D eigenvalue weighted by atomic mass is 10.2. The number of nitrogens with one attached hydrogen (secondary N) is 3. The van der Waals surface area contributed by atoms with E-state index >= 15 is 0 Å². The molecule has 9 heteroatoms. The van der Waals surface area contributed by atoms with Gasteiger partial charge < -0.3 is 15.4 Å². The van der Waals surface area contributed by atoms with Gasteiger partial charge in [0.2, 0.25) is 0 Å². The van der Waals surface area contributed by atoms with Gasteiger partial charge in [0, 0.05) is 22.0 Å². The number of hydrogen-bond donors (Lipinski definition) is 3. The Bertz CT molecular complexity index is 1200. The predicted octanol–water partition coefficient (Wildman–Crippen LogP) is 3.75. The van der Waals surface area contributed by atoms with Crippen molar-refractivity contribution < 1.29 is 19.1 Å². The fraction of sp³-hybridized carbons (Fsp3) is 0.0833. The quantitative estimate of drug-likeness (QED) is 0.281. The third-order valence-electron chi connectivity index (χ3n) is 4.36. The summed E-state index contributed by atoms with van der Waals surface area (Å²) in [5.41, 5.74) is 4.69. The highest BCUT2D eigenvalue weighted by molar-refractivity contribution is 6.39. The van der Waals surface area contributed by atoms with Crippen LogP contribution in [0, 0.1) is 6.92 Å². The molecule has 0 unspecified atom stereocenters. The summed E-state index contributed by atoms with van der Waals surface area (Å²) in [4.78, 5) is 36.2. The van der Waals surface area contributed by atoms with E-state index in [4.69, 9.17) is 16.3 Å². The Kier molecular flexibility index (Phi) is 8.15. The fourth-order valence-electron chi connectivity index (χ4n) is 2.73. The maximum absolute atomic E-state index is 12.2. The molecule has 3 N–H and O–H groups in total. The van der Waals surface area contributed by atoms with Crippen molar-refractivity contribution >= 4 is 46.9 Å². The molecule has 0 bridgehead atoms. The number of hydrogen-bond acceptors (Lipinski definition) is 5. The summed E-state index contributed by atoms with van der Waals surface area (Å²) in [7, 11) is 0. The van der Waals surface area contributed by atoms with Crippen molar-refractivity contribution in [3.8, 4) is 5.75 Å². The molecule has 0 aromatic heterocycles. The number of rotatable bonds is 7. The van der Waals surface area contributed by atoms with E-state index in [2.05, 4.69) is 21.2 Å². The van der Waals surface area contributed by atoms with Crippen LogP contribution >= 0.6 is 11.6 Å². The van der Waals surface area contributed by atoms with Gasteiger partial charge in [-0.05, 0) is 48.9 Å². The summed E-state index contributed by atoms with van der Waals surface area (Å²) in [6.07, 6.45) is 1.32. The summed E-state index contributed by atoms with van der Waals surface area (Å²) in [6.45, 7) is 1.68. The maximum Gasteiger partial charge on any atom is 0.329 e. The largest absolute Gasteiger partial charge is 0.483 e. The van der Waals surface area contributed by atoms with Crippen LogP contribution in [-0.2, 0) is 14.4 Å². The van der Waals surface area contributed by atoms with Gasteiger partial charge in [-0.2, -0.15) is 5.10 Å². The summed E-state index contributed by atoms with van der Waals surface area (Å²) in [5, 5.41) is 9.43. The molecule has 3 aromatic carbocycles. The molecule has 0 saturated heterocycles. The summed E-state index contributed by atoms with van der Waals surface area (Å²) < 4.78 is 5.60. The van der Waals surface area contributed by atoms with E-state index in [9.17, 15) is 14.4 Å². The zero-order valence-electron chi connectivity index (χ0n) is 17.7. The minimum atomic E-state index is -0.956. The van der Waals surface area contributed by atoms with Crippen molar-refractivity contribution in [2.45, 2.75) is 6.92 Å². The average molecular weight is 465 g/mol. The van der Waals surface area contributed by atoms with Gasteiger partial charge in [-0.15, -0.1) is 0 Å². The lowest BCUT2D eigenvalue weighted by Gasteiger charge is -2.11. The Morgan fingerprint density at radius 3 is 2.48 bits per heavy atom. The fourth-order valence-corrected chi connectivity index (χ4v) is 2.92. The minimum absolute atomic E-state index is 0.215. The summed E-state index contributed by atoms with van der Waals surface area (Å²) in [5.74, 6) is -1.78. The Hall–Kier alpha value is -4.17. The standard InChI is InChI=1S/C24H21ClN4O4/c1-16-7-2-4-11-20(16)28-22(30)15-33-21-12-5-3-8-17(21)14-26-29-24(32)23(31)27-19-10-6-9-18(25)13-19/h2-14H,15H2,1H3,(H,27,31)(H,28,30)(H,29,32)/b26-14-. The van der Waals surface area contributed by atoms with Crippen molar-refractivity contribution in [3.63, 3.8) is 0 Å². The first-order chi connectivity index (χ1) is 15.9. The van der Waals surface area contributed by atoms with Crippen molar-refractivity contribution in [1.82, 2.24) is 5.43 Å². The zero-order chi connectivity index (χ0) is 23.6. The molecule has 0 fully saturated rings. The highest BCUT2D eigenvalue weighted by Gasteiger charge is 2.13. The average Bonchev–Trinajstić information content (AvgIpc) is 2.80. The number of anilines is 2. The second-order valence-corrected chi connectivity index (χ2v) is 7.29. The van der Waals surface area contributed by atoms with Crippen molar-refractivity contribution in [2.75, 3.05) is 17.2 Å². The van der Waals surface area contributed by atoms with E-state index in [1.165, 1.54) is 12.3 Å². The number of hydrazone groups is 1. The molecule has 0 aliphatic carbocycles. The second-order valence-electron chi connectivity index (χ2n) is 6.85. The van der Waals surface area contributed by atoms with Crippen LogP contribution in [0.15, 0.2) is 77.9 Å². The van der Waals surface area contributed by atoms with E-state index < -0.39 is 11.8 Å². The summed E-state index contributed by atoms with van der Waals surface area (Å²) in [6, 6.07) is 20.7. The van der Waals surface area contributed by atoms with Gasteiger partial charge in [0.1, 0.15) is 5.75 Å². The molecule has 8 nitrogen and oxygen atoms in total. The lowest BCUT2D eigenvalue weighted by molar-refractivity contribution is -0.136. The van der Waals surface area contributed by atoms with Gasteiger partial charge in [0.05, 0.1) is 6.21 Å². The monoisotopic (exact) mass is 464 g/mol. The van der Waals surface area contributed by atoms with Crippen LogP contribution in [0.2, 0.25) is 5.02 Å². The summed E-state index contributed by atoms with van der Waals surface area (Å²) >= 11 is 5.85. The van der Waals surface area contributed by atoms with E-state index in [1.807, 2.05) is 25.1 Å². The van der Waals surface area contributed by atoms with Crippen LogP contribution in [0.3, 0.4) is 0 Å².